The predicted octanol–water partition coefficient (Wildman–Crippen LogP) is 4.63. The van der Waals surface area contributed by atoms with Gasteiger partial charge in [0, 0.05) is 17.7 Å². The first-order valence-electron chi connectivity index (χ1n) is 8.00. The van der Waals surface area contributed by atoms with Gasteiger partial charge in [-0.05, 0) is 30.4 Å². The molecule has 0 saturated heterocycles. The summed E-state index contributed by atoms with van der Waals surface area (Å²) in [5, 5.41) is 8.80. The van der Waals surface area contributed by atoms with Crippen molar-refractivity contribution < 1.29 is 4.74 Å². The summed E-state index contributed by atoms with van der Waals surface area (Å²) in [5.41, 5.74) is 4.65. The van der Waals surface area contributed by atoms with E-state index in [9.17, 15) is 0 Å². The van der Waals surface area contributed by atoms with Crippen LogP contribution in [0.25, 0.3) is 0 Å². The van der Waals surface area contributed by atoms with E-state index in [1.807, 2.05) is 0 Å². The molecule has 21 heavy (non-hydrogen) atoms. The molecule has 0 radical (unpaired) electrons. The Kier molecular flexibility index (Phi) is 5.54. The maximum Gasteiger partial charge on any atom is 0.122 e. The first kappa shape index (κ1) is 15.7. The molecule has 0 bridgehead atoms. The molecule has 0 aliphatic carbocycles. The number of nitrogens with zero attached hydrogens (tertiary/aromatic N) is 2. The zero-order valence-corrected chi connectivity index (χ0v) is 13.6. The quantitative estimate of drug-likeness (QED) is 0.719. The van der Waals surface area contributed by atoms with Gasteiger partial charge in [-0.3, -0.25) is 0 Å². The molecule has 0 amide bonds. The molecule has 1 aromatic carbocycles. The van der Waals surface area contributed by atoms with Gasteiger partial charge < -0.3 is 4.74 Å². The van der Waals surface area contributed by atoms with Crippen molar-refractivity contribution >= 4 is 11.4 Å². The van der Waals surface area contributed by atoms with E-state index in [0.717, 1.165) is 29.9 Å². The molecule has 114 valence electrons. The van der Waals surface area contributed by atoms with Crippen LogP contribution in [0.3, 0.4) is 0 Å². The minimum atomic E-state index is 0.531. The maximum atomic E-state index is 5.47. The Labute approximate surface area is 128 Å². The van der Waals surface area contributed by atoms with Gasteiger partial charge in [0.2, 0.25) is 0 Å². The van der Waals surface area contributed by atoms with Gasteiger partial charge in [0.25, 0.3) is 0 Å². The highest BCUT2D eigenvalue weighted by Gasteiger charge is 2.20. The van der Waals surface area contributed by atoms with Gasteiger partial charge >= 0.3 is 0 Å². The topological polar surface area (TPSA) is 34.0 Å². The monoisotopic (exact) mass is 286 g/mol. The van der Waals surface area contributed by atoms with Crippen LogP contribution in [-0.2, 0) is 6.42 Å². The summed E-state index contributed by atoms with van der Waals surface area (Å²) >= 11 is 0. The highest BCUT2D eigenvalue weighted by Crippen LogP contribution is 2.25. The number of rotatable bonds is 7. The van der Waals surface area contributed by atoms with E-state index < -0.39 is 0 Å². The average molecular weight is 286 g/mol. The smallest absolute Gasteiger partial charge is 0.122 e. The second kappa shape index (κ2) is 7.39. The zero-order valence-electron chi connectivity index (χ0n) is 13.6. The van der Waals surface area contributed by atoms with Gasteiger partial charge in [0.05, 0.1) is 12.8 Å². The molecule has 1 aliphatic heterocycles. The number of methoxy groups -OCH3 is 1. The van der Waals surface area contributed by atoms with Crippen molar-refractivity contribution in [3.05, 3.63) is 29.3 Å². The third kappa shape index (κ3) is 3.72. The van der Waals surface area contributed by atoms with Crippen LogP contribution >= 0.6 is 0 Å². The second-order valence-corrected chi connectivity index (χ2v) is 5.74. The predicted molar refractivity (Wildman–Crippen MR) is 89.7 cm³/mol. The van der Waals surface area contributed by atoms with Crippen molar-refractivity contribution in [3.8, 4) is 5.75 Å². The molecule has 1 atom stereocenters. The van der Waals surface area contributed by atoms with E-state index in [4.69, 9.17) is 4.74 Å². The lowest BCUT2D eigenvalue weighted by atomic mass is 9.93. The molecule has 2 rings (SSSR count). The minimum absolute atomic E-state index is 0.531. The number of benzene rings is 1. The van der Waals surface area contributed by atoms with Crippen molar-refractivity contribution in [3.63, 3.8) is 0 Å². The van der Waals surface area contributed by atoms with E-state index in [1.54, 1.807) is 7.11 Å². The number of hydrogen-bond donors (Lipinski definition) is 0. The zero-order chi connectivity index (χ0) is 15.2. The van der Waals surface area contributed by atoms with E-state index in [2.05, 4.69) is 49.2 Å². The minimum Gasteiger partial charge on any atom is -0.496 e. The van der Waals surface area contributed by atoms with Gasteiger partial charge in [-0.1, -0.05) is 45.7 Å². The number of hydrogen-bond acceptors (Lipinski definition) is 3. The van der Waals surface area contributed by atoms with Gasteiger partial charge in [-0.2, -0.15) is 10.2 Å². The first-order valence-corrected chi connectivity index (χ1v) is 8.00. The Balaban J connectivity index is 2.06. The van der Waals surface area contributed by atoms with Crippen LogP contribution in [0.2, 0.25) is 0 Å². The van der Waals surface area contributed by atoms with E-state index in [0.29, 0.717) is 5.92 Å². The van der Waals surface area contributed by atoms with Crippen molar-refractivity contribution in [2.75, 3.05) is 7.11 Å². The van der Waals surface area contributed by atoms with Crippen LogP contribution in [0.4, 0.5) is 0 Å². The van der Waals surface area contributed by atoms with Crippen molar-refractivity contribution in [1.82, 2.24) is 0 Å². The van der Waals surface area contributed by atoms with Crippen molar-refractivity contribution in [2.24, 2.45) is 16.1 Å². The number of unbranched alkanes of at least 4 members (excludes halogenated alkanes) is 1. The number of aryl methyl sites for hydroxylation is 1. The fraction of sp³-hybridized carbons (Fsp3) is 0.556. The molecule has 0 aromatic heterocycles. The van der Waals surface area contributed by atoms with Gasteiger partial charge in [0.15, 0.2) is 0 Å². The van der Waals surface area contributed by atoms with Gasteiger partial charge in [-0.15, -0.1) is 0 Å². The van der Waals surface area contributed by atoms with Crippen LogP contribution in [0.15, 0.2) is 28.4 Å². The molecule has 3 nitrogen and oxygen atoms in total. The molecule has 1 heterocycles. The highest BCUT2D eigenvalue weighted by atomic mass is 16.5. The second-order valence-electron chi connectivity index (χ2n) is 5.74. The van der Waals surface area contributed by atoms with E-state index >= 15 is 0 Å². The molecule has 0 saturated carbocycles. The van der Waals surface area contributed by atoms with Crippen LogP contribution < -0.4 is 4.74 Å². The summed E-state index contributed by atoms with van der Waals surface area (Å²) in [6, 6.07) is 6.36. The summed E-state index contributed by atoms with van der Waals surface area (Å²) in [6.45, 7) is 6.63. The van der Waals surface area contributed by atoms with Crippen LogP contribution in [0.1, 0.15) is 57.6 Å². The van der Waals surface area contributed by atoms with E-state index in [-0.39, 0.29) is 0 Å². The van der Waals surface area contributed by atoms with E-state index in [1.165, 1.54) is 30.5 Å². The Morgan fingerprint density at radius 3 is 2.71 bits per heavy atom. The molecule has 1 aromatic rings. The highest BCUT2D eigenvalue weighted by molar-refractivity contribution is 6.15. The summed E-state index contributed by atoms with van der Waals surface area (Å²) < 4.78 is 5.47. The molecule has 1 unspecified atom stereocenters. The fourth-order valence-electron chi connectivity index (χ4n) is 2.69. The molecule has 0 N–H and O–H groups in total. The Morgan fingerprint density at radius 1 is 1.24 bits per heavy atom. The van der Waals surface area contributed by atoms with Gasteiger partial charge in [-0.25, -0.2) is 0 Å². The Morgan fingerprint density at radius 2 is 2.05 bits per heavy atom. The third-order valence-electron chi connectivity index (χ3n) is 4.21. The van der Waals surface area contributed by atoms with Gasteiger partial charge in [0.1, 0.15) is 5.75 Å². The molecule has 1 aliphatic rings. The van der Waals surface area contributed by atoms with Crippen LogP contribution in [0.5, 0.6) is 5.75 Å². The Bertz CT molecular complexity index is 546. The molecule has 0 fully saturated rings. The summed E-state index contributed by atoms with van der Waals surface area (Å²) in [5.74, 6) is 1.48. The fourth-order valence-corrected chi connectivity index (χ4v) is 2.69. The first-order chi connectivity index (χ1) is 10.2. The largest absolute Gasteiger partial charge is 0.496 e. The maximum absolute atomic E-state index is 5.47. The number of ether oxygens (including phenoxy) is 1. The SMILES string of the molecule is CCCCC(C)C1=NN=C(c2ccc(CC)c(OC)c2)C1. The van der Waals surface area contributed by atoms with Crippen molar-refractivity contribution in [1.29, 1.82) is 0 Å². The lowest BCUT2D eigenvalue weighted by Gasteiger charge is -2.11. The lowest BCUT2D eigenvalue weighted by molar-refractivity contribution is 0.410. The normalized spacial score (nSPS) is 15.6. The average Bonchev–Trinajstić information content (AvgIpc) is 3.01. The van der Waals surface area contributed by atoms with Crippen molar-refractivity contribution in [2.45, 2.75) is 52.9 Å². The standard InChI is InChI=1S/C18H26N2O/c1-5-7-8-13(3)16-12-17(20-19-16)15-10-9-14(6-2)18(11-15)21-4/h9-11,13H,5-8,12H2,1-4H3. The third-order valence-corrected chi connectivity index (χ3v) is 4.21. The molecular formula is C18H26N2O. The summed E-state index contributed by atoms with van der Waals surface area (Å²) in [4.78, 5) is 0. The Hall–Kier alpha value is -1.64. The molecule has 3 heteroatoms. The summed E-state index contributed by atoms with van der Waals surface area (Å²) in [6.07, 6.45) is 5.55. The molecule has 0 spiro atoms. The van der Waals surface area contributed by atoms with Crippen LogP contribution in [0, 0.1) is 5.92 Å². The lowest BCUT2D eigenvalue weighted by Crippen LogP contribution is -2.12. The molecular weight excluding hydrogens is 260 g/mol. The summed E-state index contributed by atoms with van der Waals surface area (Å²) in [7, 11) is 1.73. The van der Waals surface area contributed by atoms with Crippen LogP contribution in [-0.4, -0.2) is 18.5 Å².